The van der Waals surface area contributed by atoms with Crippen LogP contribution in [0, 0.1) is 5.92 Å². The van der Waals surface area contributed by atoms with E-state index in [1.807, 2.05) is 36.4 Å². The fourth-order valence-corrected chi connectivity index (χ4v) is 6.88. The number of carbonyl (C=O) groups excluding carboxylic acids is 1. The molecular formula is C35H38N4O4S2. The molecule has 1 heterocycles. The van der Waals surface area contributed by atoms with Gasteiger partial charge in [0.05, 0.1) is 17.5 Å². The van der Waals surface area contributed by atoms with Gasteiger partial charge in [-0.2, -0.15) is 4.31 Å². The van der Waals surface area contributed by atoms with Gasteiger partial charge in [0.2, 0.25) is 10.0 Å². The number of rotatable bonds is 10. The van der Waals surface area contributed by atoms with Gasteiger partial charge in [-0.1, -0.05) is 74.5 Å². The van der Waals surface area contributed by atoms with Gasteiger partial charge in [-0.3, -0.25) is 15.0 Å². The smallest absolute Gasteiger partial charge is 0.257 e. The molecule has 8 nitrogen and oxygen atoms in total. The number of hydrogen-bond acceptors (Lipinski definition) is 6. The number of carbonyl (C=O) groups is 1. The zero-order valence-electron chi connectivity index (χ0n) is 25.4. The summed E-state index contributed by atoms with van der Waals surface area (Å²) in [5.74, 6) is 0.740. The van der Waals surface area contributed by atoms with E-state index in [1.54, 1.807) is 52.8 Å². The van der Waals surface area contributed by atoms with Crippen molar-refractivity contribution >= 4 is 38.9 Å². The highest BCUT2D eigenvalue weighted by molar-refractivity contribution is 7.89. The molecule has 1 aliphatic heterocycles. The van der Waals surface area contributed by atoms with Gasteiger partial charge in [-0.25, -0.2) is 8.42 Å². The van der Waals surface area contributed by atoms with Crippen molar-refractivity contribution in [3.8, 4) is 5.75 Å². The molecule has 2 N–H and O–H groups in total. The van der Waals surface area contributed by atoms with Crippen molar-refractivity contribution in [3.63, 3.8) is 0 Å². The van der Waals surface area contributed by atoms with Crippen molar-refractivity contribution in [1.82, 2.24) is 14.5 Å². The maximum absolute atomic E-state index is 13.5. The van der Waals surface area contributed by atoms with Crippen LogP contribution in [-0.4, -0.2) is 61.4 Å². The minimum atomic E-state index is -3.69. The molecule has 1 aliphatic rings. The number of benzene rings is 4. The van der Waals surface area contributed by atoms with E-state index in [-0.39, 0.29) is 22.0 Å². The van der Waals surface area contributed by atoms with E-state index >= 15 is 0 Å². The minimum absolute atomic E-state index is 0.0510. The SMILES string of the molecule is CC(C)COc1ccc(C(=O)NC(=S)Nc2ccc(S(=O)(=O)N3CCN(C(c4ccccc4)c4ccccc4)CC3)cc2)cc1. The van der Waals surface area contributed by atoms with E-state index in [4.69, 9.17) is 17.0 Å². The molecule has 0 bridgehead atoms. The summed E-state index contributed by atoms with van der Waals surface area (Å²) in [6.45, 7) is 6.72. The van der Waals surface area contributed by atoms with Crippen LogP contribution < -0.4 is 15.4 Å². The number of nitrogens with one attached hydrogen (secondary N) is 2. The Morgan fingerprint density at radius 2 is 1.36 bits per heavy atom. The third-order valence-electron chi connectivity index (χ3n) is 7.55. The number of anilines is 1. The van der Waals surface area contributed by atoms with Gasteiger partial charge in [0, 0.05) is 37.4 Å². The first-order valence-corrected chi connectivity index (χ1v) is 16.8. The summed E-state index contributed by atoms with van der Waals surface area (Å²) in [6.07, 6.45) is 0. The van der Waals surface area contributed by atoms with Gasteiger partial charge in [-0.05, 0) is 77.8 Å². The molecule has 0 atom stereocenters. The Kier molecular flexibility index (Phi) is 10.6. The molecule has 4 aromatic rings. The predicted octanol–water partition coefficient (Wildman–Crippen LogP) is 5.94. The molecule has 0 aromatic heterocycles. The van der Waals surface area contributed by atoms with Crippen LogP contribution in [-0.2, 0) is 10.0 Å². The second kappa shape index (κ2) is 14.8. The molecule has 45 heavy (non-hydrogen) atoms. The van der Waals surface area contributed by atoms with Gasteiger partial charge in [-0.15, -0.1) is 0 Å². The van der Waals surface area contributed by atoms with Crippen molar-refractivity contribution in [2.45, 2.75) is 24.8 Å². The summed E-state index contributed by atoms with van der Waals surface area (Å²) in [6, 6.07) is 33.9. The van der Waals surface area contributed by atoms with Crippen LogP contribution in [0.3, 0.4) is 0 Å². The Morgan fingerprint density at radius 3 is 1.89 bits per heavy atom. The first kappa shape index (κ1) is 32.3. The number of nitrogens with zero attached hydrogens (tertiary/aromatic N) is 2. The van der Waals surface area contributed by atoms with E-state index in [2.05, 4.69) is 53.6 Å². The number of piperazine rings is 1. The lowest BCUT2D eigenvalue weighted by atomic mass is 9.96. The van der Waals surface area contributed by atoms with Crippen LogP contribution >= 0.6 is 12.2 Å². The second-order valence-electron chi connectivity index (χ2n) is 11.3. The molecule has 10 heteroatoms. The highest BCUT2D eigenvalue weighted by Gasteiger charge is 2.32. The Morgan fingerprint density at radius 1 is 0.800 bits per heavy atom. The van der Waals surface area contributed by atoms with Crippen molar-refractivity contribution in [1.29, 1.82) is 0 Å². The van der Waals surface area contributed by atoms with E-state index in [9.17, 15) is 13.2 Å². The Hall–Kier alpha value is -4.09. The lowest BCUT2D eigenvalue weighted by Gasteiger charge is -2.39. The van der Waals surface area contributed by atoms with Crippen LogP contribution in [0.25, 0.3) is 0 Å². The minimum Gasteiger partial charge on any atom is -0.493 e. The molecular weight excluding hydrogens is 605 g/mol. The molecule has 0 radical (unpaired) electrons. The molecule has 1 saturated heterocycles. The molecule has 0 aliphatic carbocycles. The third-order valence-corrected chi connectivity index (χ3v) is 9.66. The van der Waals surface area contributed by atoms with Crippen LogP contribution in [0.5, 0.6) is 5.75 Å². The number of hydrogen-bond donors (Lipinski definition) is 2. The van der Waals surface area contributed by atoms with E-state index in [0.717, 1.165) is 0 Å². The van der Waals surface area contributed by atoms with Crippen LogP contribution in [0.15, 0.2) is 114 Å². The Balaban J connectivity index is 1.16. The standard InChI is InChI=1S/C35H38N4O4S2/c1-26(2)25-43-31-17-13-29(14-18-31)34(40)37-35(44)36-30-15-19-32(20-16-30)45(41,42)39-23-21-38(22-24-39)33(27-9-5-3-6-10-27)28-11-7-4-8-12-28/h3-20,26,33H,21-25H2,1-2H3,(H2,36,37,40,44). The third kappa shape index (κ3) is 8.34. The molecule has 0 saturated carbocycles. The topological polar surface area (TPSA) is 91.0 Å². The largest absolute Gasteiger partial charge is 0.493 e. The van der Waals surface area contributed by atoms with E-state index < -0.39 is 10.0 Å². The predicted molar refractivity (Wildman–Crippen MR) is 182 cm³/mol. The van der Waals surface area contributed by atoms with Crippen LogP contribution in [0.1, 0.15) is 41.4 Å². The number of ether oxygens (including phenoxy) is 1. The molecule has 5 rings (SSSR count). The average molecular weight is 643 g/mol. The molecule has 234 valence electrons. The summed E-state index contributed by atoms with van der Waals surface area (Å²) in [4.78, 5) is 15.2. The summed E-state index contributed by atoms with van der Waals surface area (Å²) in [5.41, 5.74) is 3.37. The lowest BCUT2D eigenvalue weighted by Crippen LogP contribution is -2.49. The zero-order valence-corrected chi connectivity index (χ0v) is 27.1. The first-order chi connectivity index (χ1) is 21.7. The van der Waals surface area contributed by atoms with Gasteiger partial charge in [0.25, 0.3) is 5.91 Å². The lowest BCUT2D eigenvalue weighted by molar-refractivity contribution is 0.0977. The summed E-state index contributed by atoms with van der Waals surface area (Å²) < 4.78 is 34.3. The van der Waals surface area contributed by atoms with E-state index in [1.165, 1.54) is 11.1 Å². The van der Waals surface area contributed by atoms with Crippen LogP contribution in [0.2, 0.25) is 0 Å². The van der Waals surface area contributed by atoms with Crippen molar-refractivity contribution in [2.75, 3.05) is 38.1 Å². The average Bonchev–Trinajstić information content (AvgIpc) is 3.05. The molecule has 4 aromatic carbocycles. The number of amides is 1. The number of sulfonamides is 1. The number of thiocarbonyl (C=S) groups is 1. The molecule has 0 unspecified atom stereocenters. The van der Waals surface area contributed by atoms with Gasteiger partial charge >= 0.3 is 0 Å². The first-order valence-electron chi connectivity index (χ1n) is 15.0. The Labute approximate surface area is 271 Å². The van der Waals surface area contributed by atoms with E-state index in [0.29, 0.717) is 55.7 Å². The van der Waals surface area contributed by atoms with Crippen molar-refractivity contribution in [3.05, 3.63) is 126 Å². The highest BCUT2D eigenvalue weighted by atomic mass is 32.2. The normalized spacial score (nSPS) is 14.3. The summed E-state index contributed by atoms with van der Waals surface area (Å²) in [7, 11) is -3.69. The fraction of sp³-hybridized carbons (Fsp3) is 0.257. The fourth-order valence-electron chi connectivity index (χ4n) is 5.25. The van der Waals surface area contributed by atoms with Gasteiger partial charge in [0.15, 0.2) is 5.11 Å². The highest BCUT2D eigenvalue weighted by Crippen LogP contribution is 2.30. The van der Waals surface area contributed by atoms with Crippen molar-refractivity contribution in [2.24, 2.45) is 5.92 Å². The van der Waals surface area contributed by atoms with Gasteiger partial charge in [0.1, 0.15) is 5.75 Å². The quantitative estimate of drug-likeness (QED) is 0.207. The summed E-state index contributed by atoms with van der Waals surface area (Å²) in [5, 5.41) is 5.72. The maximum atomic E-state index is 13.5. The maximum Gasteiger partial charge on any atom is 0.257 e. The molecule has 1 amide bonds. The monoisotopic (exact) mass is 642 g/mol. The Bertz CT molecular complexity index is 1630. The molecule has 1 fully saturated rings. The summed E-state index contributed by atoms with van der Waals surface area (Å²) >= 11 is 5.32. The molecule has 0 spiro atoms. The zero-order chi connectivity index (χ0) is 31.8. The second-order valence-corrected chi connectivity index (χ2v) is 13.7. The van der Waals surface area contributed by atoms with Crippen LogP contribution in [0.4, 0.5) is 5.69 Å². The van der Waals surface area contributed by atoms with Crippen molar-refractivity contribution < 1.29 is 17.9 Å². The van der Waals surface area contributed by atoms with Gasteiger partial charge < -0.3 is 10.1 Å².